The molecule has 2 atom stereocenters. The van der Waals surface area contributed by atoms with Crippen molar-refractivity contribution in [1.82, 2.24) is 4.90 Å². The molecule has 2 fully saturated rings. The first-order chi connectivity index (χ1) is 7.74. The van der Waals surface area contributed by atoms with E-state index in [-0.39, 0.29) is 5.41 Å². The van der Waals surface area contributed by atoms with E-state index in [9.17, 15) is 0 Å². The Hall–Kier alpha value is -0.160. The Bertz CT molecular complexity index is 217. The summed E-state index contributed by atoms with van der Waals surface area (Å²) in [6, 6.07) is 0. The Kier molecular flexibility index (Phi) is 4.19. The van der Waals surface area contributed by atoms with Crippen LogP contribution in [0.1, 0.15) is 19.8 Å². The van der Waals surface area contributed by atoms with E-state index in [1.807, 2.05) is 0 Å². The van der Waals surface area contributed by atoms with Gasteiger partial charge >= 0.3 is 0 Å². The molecule has 0 aliphatic carbocycles. The summed E-state index contributed by atoms with van der Waals surface area (Å²) in [6.45, 7) is 8.71. The average molecular weight is 228 g/mol. The Morgan fingerprint density at radius 3 is 3.00 bits per heavy atom. The molecule has 0 saturated carbocycles. The monoisotopic (exact) mass is 228 g/mol. The van der Waals surface area contributed by atoms with Crippen molar-refractivity contribution in [3.05, 3.63) is 0 Å². The van der Waals surface area contributed by atoms with Crippen LogP contribution in [0.25, 0.3) is 0 Å². The summed E-state index contributed by atoms with van der Waals surface area (Å²) in [5.74, 6) is 0. The van der Waals surface area contributed by atoms with Crippen LogP contribution in [-0.4, -0.2) is 57.0 Å². The van der Waals surface area contributed by atoms with Crippen LogP contribution in [0.5, 0.6) is 0 Å². The maximum absolute atomic E-state index is 5.92. The van der Waals surface area contributed by atoms with E-state index in [0.29, 0.717) is 6.10 Å². The molecule has 0 bridgehead atoms. The fourth-order valence-electron chi connectivity index (χ4n) is 2.70. The summed E-state index contributed by atoms with van der Waals surface area (Å²) < 4.78 is 11.2. The van der Waals surface area contributed by atoms with Gasteiger partial charge in [-0.2, -0.15) is 0 Å². The zero-order valence-electron chi connectivity index (χ0n) is 10.3. The molecule has 0 amide bonds. The van der Waals surface area contributed by atoms with Gasteiger partial charge in [0.2, 0.25) is 0 Å². The first kappa shape index (κ1) is 12.3. The molecule has 94 valence electrons. The molecular weight excluding hydrogens is 204 g/mol. The summed E-state index contributed by atoms with van der Waals surface area (Å²) in [7, 11) is 0. The second kappa shape index (κ2) is 5.45. The summed E-state index contributed by atoms with van der Waals surface area (Å²) in [5.41, 5.74) is 6.12. The van der Waals surface area contributed by atoms with Gasteiger partial charge in [0, 0.05) is 44.8 Å². The highest BCUT2D eigenvalue weighted by atomic mass is 16.5. The number of nitrogens with zero attached hydrogens (tertiary/aromatic N) is 1. The Morgan fingerprint density at radius 1 is 1.44 bits per heavy atom. The first-order valence-corrected chi connectivity index (χ1v) is 6.36. The van der Waals surface area contributed by atoms with E-state index in [0.717, 1.165) is 58.8 Å². The maximum atomic E-state index is 5.92. The van der Waals surface area contributed by atoms with E-state index in [4.69, 9.17) is 15.2 Å². The van der Waals surface area contributed by atoms with E-state index in [2.05, 4.69) is 11.8 Å². The third kappa shape index (κ3) is 2.94. The van der Waals surface area contributed by atoms with E-state index in [1.54, 1.807) is 0 Å². The molecule has 0 aromatic carbocycles. The molecule has 4 nitrogen and oxygen atoms in total. The predicted molar refractivity (Wildman–Crippen MR) is 63.4 cm³/mol. The third-order valence-corrected chi connectivity index (χ3v) is 3.71. The van der Waals surface area contributed by atoms with Gasteiger partial charge in [0.05, 0.1) is 12.7 Å². The second-order valence-electron chi connectivity index (χ2n) is 5.28. The van der Waals surface area contributed by atoms with Crippen LogP contribution in [0.2, 0.25) is 0 Å². The zero-order valence-corrected chi connectivity index (χ0v) is 10.3. The van der Waals surface area contributed by atoms with Crippen LogP contribution in [0.15, 0.2) is 0 Å². The van der Waals surface area contributed by atoms with Gasteiger partial charge in [0.25, 0.3) is 0 Å². The second-order valence-corrected chi connectivity index (χ2v) is 5.28. The molecule has 16 heavy (non-hydrogen) atoms. The van der Waals surface area contributed by atoms with Gasteiger partial charge in [-0.1, -0.05) is 0 Å². The number of rotatable bonds is 3. The summed E-state index contributed by atoms with van der Waals surface area (Å²) in [6.07, 6.45) is 2.58. The largest absolute Gasteiger partial charge is 0.381 e. The topological polar surface area (TPSA) is 47.7 Å². The Labute approximate surface area is 98.1 Å². The minimum atomic E-state index is 0.198. The molecule has 0 radical (unpaired) electrons. The lowest BCUT2D eigenvalue weighted by molar-refractivity contribution is 0.0569. The van der Waals surface area contributed by atoms with Crippen LogP contribution in [-0.2, 0) is 9.47 Å². The minimum Gasteiger partial charge on any atom is -0.381 e. The number of ether oxygens (including phenoxy) is 2. The molecule has 2 aliphatic rings. The van der Waals surface area contributed by atoms with Gasteiger partial charge in [-0.05, 0) is 19.8 Å². The van der Waals surface area contributed by atoms with Crippen molar-refractivity contribution in [2.24, 2.45) is 11.1 Å². The molecule has 2 heterocycles. The molecule has 2 aliphatic heterocycles. The van der Waals surface area contributed by atoms with Gasteiger partial charge in [-0.3, -0.25) is 4.90 Å². The van der Waals surface area contributed by atoms with Gasteiger partial charge in [-0.15, -0.1) is 0 Å². The summed E-state index contributed by atoms with van der Waals surface area (Å²) >= 11 is 0. The van der Waals surface area contributed by atoms with E-state index >= 15 is 0 Å². The lowest BCUT2D eigenvalue weighted by atomic mass is 9.86. The maximum Gasteiger partial charge on any atom is 0.0673 e. The van der Waals surface area contributed by atoms with Crippen LogP contribution in [0, 0.1) is 5.41 Å². The normalized spacial score (nSPS) is 37.5. The van der Waals surface area contributed by atoms with Crippen molar-refractivity contribution in [1.29, 1.82) is 0 Å². The van der Waals surface area contributed by atoms with Crippen molar-refractivity contribution >= 4 is 0 Å². The predicted octanol–water partition coefficient (Wildman–Crippen LogP) is 0.463. The summed E-state index contributed by atoms with van der Waals surface area (Å²) in [4.78, 5) is 2.50. The van der Waals surface area contributed by atoms with Gasteiger partial charge < -0.3 is 15.2 Å². The van der Waals surface area contributed by atoms with E-state index in [1.165, 1.54) is 0 Å². The van der Waals surface area contributed by atoms with Gasteiger partial charge in [-0.25, -0.2) is 0 Å². The molecule has 2 rings (SSSR count). The van der Waals surface area contributed by atoms with Crippen molar-refractivity contribution in [2.75, 3.05) is 46.0 Å². The molecular formula is C12H24N2O2. The zero-order chi connectivity index (χ0) is 11.4. The first-order valence-electron chi connectivity index (χ1n) is 6.36. The van der Waals surface area contributed by atoms with E-state index < -0.39 is 0 Å². The summed E-state index contributed by atoms with van der Waals surface area (Å²) in [5, 5.41) is 0. The highest BCUT2D eigenvalue weighted by Crippen LogP contribution is 2.29. The van der Waals surface area contributed by atoms with Crippen LogP contribution in [0.4, 0.5) is 0 Å². The van der Waals surface area contributed by atoms with Crippen LogP contribution < -0.4 is 5.73 Å². The van der Waals surface area contributed by atoms with Crippen molar-refractivity contribution in [3.63, 3.8) is 0 Å². The lowest BCUT2D eigenvalue weighted by Gasteiger charge is -2.33. The van der Waals surface area contributed by atoms with Crippen LogP contribution in [0.3, 0.4) is 0 Å². The standard InChI is InChI=1S/C12H24N2O2/c1-11-7-14(4-2-5-16-11)9-12(8-13)3-6-15-10-12/h11H,2-10,13H2,1H3. The van der Waals surface area contributed by atoms with Crippen molar-refractivity contribution in [3.8, 4) is 0 Å². The molecule has 0 aromatic rings. The van der Waals surface area contributed by atoms with Crippen molar-refractivity contribution in [2.45, 2.75) is 25.9 Å². The highest BCUT2D eigenvalue weighted by Gasteiger charge is 2.35. The highest BCUT2D eigenvalue weighted by molar-refractivity contribution is 4.88. The van der Waals surface area contributed by atoms with Gasteiger partial charge in [0.1, 0.15) is 0 Å². The molecule has 2 unspecified atom stereocenters. The number of nitrogens with two attached hydrogens (primary N) is 1. The minimum absolute atomic E-state index is 0.198. The molecule has 2 N–H and O–H groups in total. The lowest BCUT2D eigenvalue weighted by Crippen LogP contribution is -2.45. The SMILES string of the molecule is CC1CN(CC2(CN)CCOC2)CCCO1. The van der Waals surface area contributed by atoms with Gasteiger partial charge in [0.15, 0.2) is 0 Å². The fraction of sp³-hybridized carbons (Fsp3) is 1.00. The Balaban J connectivity index is 1.91. The van der Waals surface area contributed by atoms with Crippen molar-refractivity contribution < 1.29 is 9.47 Å². The average Bonchev–Trinajstić information content (AvgIpc) is 2.64. The smallest absolute Gasteiger partial charge is 0.0673 e. The molecule has 0 spiro atoms. The number of hydrogen-bond acceptors (Lipinski definition) is 4. The third-order valence-electron chi connectivity index (χ3n) is 3.71. The fourth-order valence-corrected chi connectivity index (χ4v) is 2.70. The van der Waals surface area contributed by atoms with Crippen LogP contribution >= 0.6 is 0 Å². The molecule has 2 saturated heterocycles. The molecule has 0 aromatic heterocycles. The quantitative estimate of drug-likeness (QED) is 0.762. The Morgan fingerprint density at radius 2 is 2.31 bits per heavy atom. The number of hydrogen-bond donors (Lipinski definition) is 1. The molecule has 4 heteroatoms.